The summed E-state index contributed by atoms with van der Waals surface area (Å²) in [6, 6.07) is 0. The van der Waals surface area contributed by atoms with Crippen molar-refractivity contribution < 1.29 is 4.79 Å². The summed E-state index contributed by atoms with van der Waals surface area (Å²) in [6.07, 6.45) is 5.32. The highest BCUT2D eigenvalue weighted by Crippen LogP contribution is 2.13. The molecule has 0 aromatic heterocycles. The lowest BCUT2D eigenvalue weighted by molar-refractivity contribution is -0.118. The number of hydrogen-bond donors (Lipinski definition) is 0. The van der Waals surface area contributed by atoms with E-state index in [1.807, 2.05) is 11.8 Å². The molecule has 1 rings (SSSR count). The van der Waals surface area contributed by atoms with Crippen LogP contribution in [-0.4, -0.2) is 17.3 Å². The van der Waals surface area contributed by atoms with Gasteiger partial charge in [0, 0.05) is 18.6 Å². The van der Waals surface area contributed by atoms with Crippen molar-refractivity contribution in [2.45, 2.75) is 32.1 Å². The molecule has 1 aliphatic heterocycles. The number of Topliss-reactive ketones (excluding diaryl/α,β-unsaturated/α-hetero) is 1. The lowest BCUT2D eigenvalue weighted by atomic mass is 10.1. The van der Waals surface area contributed by atoms with Gasteiger partial charge in [0.15, 0.2) is 0 Å². The standard InChI is InChI=1S/C8H14OS/c9-8-4-2-1-3-6-10-7-5-8/h1-7H2. The minimum Gasteiger partial charge on any atom is -0.300 e. The topological polar surface area (TPSA) is 17.1 Å². The van der Waals surface area contributed by atoms with Crippen LogP contribution in [0.5, 0.6) is 0 Å². The van der Waals surface area contributed by atoms with Crippen LogP contribution in [0.25, 0.3) is 0 Å². The molecule has 58 valence electrons. The normalized spacial score (nSPS) is 23.0. The predicted octanol–water partition coefficient (Wildman–Crippen LogP) is 2.25. The van der Waals surface area contributed by atoms with Crippen molar-refractivity contribution in [1.82, 2.24) is 0 Å². The van der Waals surface area contributed by atoms with Crippen molar-refractivity contribution in [1.29, 1.82) is 0 Å². The van der Waals surface area contributed by atoms with Crippen LogP contribution in [0.15, 0.2) is 0 Å². The van der Waals surface area contributed by atoms with E-state index < -0.39 is 0 Å². The maximum atomic E-state index is 11.0. The fourth-order valence-corrected chi connectivity index (χ4v) is 2.10. The third kappa shape index (κ3) is 3.25. The molecule has 0 aromatic carbocycles. The maximum Gasteiger partial charge on any atom is 0.133 e. The van der Waals surface area contributed by atoms with E-state index >= 15 is 0 Å². The average Bonchev–Trinajstić information content (AvgIpc) is 2.02. The number of carbonyl (C=O) groups excluding carboxylic acids is 1. The molecular formula is C8H14OS. The monoisotopic (exact) mass is 158 g/mol. The van der Waals surface area contributed by atoms with Gasteiger partial charge in [0.1, 0.15) is 5.78 Å². The smallest absolute Gasteiger partial charge is 0.133 e. The Morgan fingerprint density at radius 2 is 1.90 bits per heavy atom. The molecule has 1 saturated heterocycles. The molecule has 1 heterocycles. The van der Waals surface area contributed by atoms with Gasteiger partial charge in [-0.05, 0) is 18.6 Å². The van der Waals surface area contributed by atoms with Crippen molar-refractivity contribution in [2.24, 2.45) is 0 Å². The fraction of sp³-hybridized carbons (Fsp3) is 0.875. The molecule has 0 aliphatic carbocycles. The van der Waals surface area contributed by atoms with Gasteiger partial charge in [-0.1, -0.05) is 6.42 Å². The number of ketones is 1. The van der Waals surface area contributed by atoms with Crippen LogP contribution in [0.4, 0.5) is 0 Å². The second-order valence-corrected chi connectivity index (χ2v) is 3.94. The third-order valence-electron chi connectivity index (χ3n) is 1.77. The van der Waals surface area contributed by atoms with E-state index in [1.165, 1.54) is 18.6 Å². The van der Waals surface area contributed by atoms with E-state index in [1.54, 1.807) is 0 Å². The zero-order valence-electron chi connectivity index (χ0n) is 6.27. The molecule has 2 heteroatoms. The second kappa shape index (κ2) is 4.78. The van der Waals surface area contributed by atoms with Crippen LogP contribution in [0.3, 0.4) is 0 Å². The van der Waals surface area contributed by atoms with Gasteiger partial charge in [-0.15, -0.1) is 0 Å². The molecule has 0 bridgehead atoms. The lowest BCUT2D eigenvalue weighted by Gasteiger charge is -1.94. The van der Waals surface area contributed by atoms with Crippen molar-refractivity contribution in [2.75, 3.05) is 11.5 Å². The zero-order valence-corrected chi connectivity index (χ0v) is 7.08. The Balaban J connectivity index is 2.21. The molecule has 1 aliphatic rings. The predicted molar refractivity (Wildman–Crippen MR) is 45.4 cm³/mol. The molecule has 0 N–H and O–H groups in total. The van der Waals surface area contributed by atoms with E-state index in [0.29, 0.717) is 5.78 Å². The molecule has 0 radical (unpaired) electrons. The van der Waals surface area contributed by atoms with Crippen LogP contribution in [0.1, 0.15) is 32.1 Å². The van der Waals surface area contributed by atoms with Gasteiger partial charge in [0.25, 0.3) is 0 Å². The summed E-state index contributed by atoms with van der Waals surface area (Å²) < 4.78 is 0. The van der Waals surface area contributed by atoms with Gasteiger partial charge in [-0.25, -0.2) is 0 Å². The molecule has 10 heavy (non-hydrogen) atoms. The summed E-state index contributed by atoms with van der Waals surface area (Å²) in [6.45, 7) is 0. The first-order chi connectivity index (χ1) is 4.89. The van der Waals surface area contributed by atoms with Gasteiger partial charge in [-0.2, -0.15) is 11.8 Å². The van der Waals surface area contributed by atoms with E-state index in [2.05, 4.69) is 0 Å². The first kappa shape index (κ1) is 8.12. The number of hydrogen-bond acceptors (Lipinski definition) is 2. The molecule has 1 fully saturated rings. The van der Waals surface area contributed by atoms with Crippen molar-refractivity contribution in [3.63, 3.8) is 0 Å². The highest BCUT2D eigenvalue weighted by Gasteiger charge is 2.03. The molecule has 0 amide bonds. The molecule has 0 atom stereocenters. The van der Waals surface area contributed by atoms with Gasteiger partial charge in [-0.3, -0.25) is 4.79 Å². The largest absolute Gasteiger partial charge is 0.300 e. The average molecular weight is 158 g/mol. The zero-order chi connectivity index (χ0) is 7.23. The first-order valence-electron chi connectivity index (χ1n) is 3.99. The maximum absolute atomic E-state index is 11.0. The number of carbonyl (C=O) groups is 1. The van der Waals surface area contributed by atoms with Crippen molar-refractivity contribution >= 4 is 17.5 Å². The Labute approximate surface area is 66.6 Å². The molecule has 0 spiro atoms. The van der Waals surface area contributed by atoms with E-state index in [0.717, 1.165) is 25.0 Å². The summed E-state index contributed by atoms with van der Waals surface area (Å²) in [5.74, 6) is 2.78. The Hall–Kier alpha value is 0.0200. The second-order valence-electron chi connectivity index (χ2n) is 2.71. The molecule has 0 saturated carbocycles. The molecule has 1 nitrogen and oxygen atoms in total. The van der Waals surface area contributed by atoms with Crippen molar-refractivity contribution in [3.8, 4) is 0 Å². The fourth-order valence-electron chi connectivity index (χ4n) is 1.12. The summed E-state index contributed by atoms with van der Waals surface area (Å²) in [5, 5.41) is 0. The SMILES string of the molecule is O=C1CCCCCSCC1. The van der Waals surface area contributed by atoms with Gasteiger partial charge in [0.05, 0.1) is 0 Å². The quantitative estimate of drug-likeness (QED) is 0.538. The van der Waals surface area contributed by atoms with Crippen LogP contribution in [-0.2, 0) is 4.79 Å². The van der Waals surface area contributed by atoms with Gasteiger partial charge in [0.2, 0.25) is 0 Å². The Morgan fingerprint density at radius 3 is 2.80 bits per heavy atom. The van der Waals surface area contributed by atoms with Crippen LogP contribution in [0, 0.1) is 0 Å². The molecular weight excluding hydrogens is 144 g/mol. The van der Waals surface area contributed by atoms with Gasteiger partial charge >= 0.3 is 0 Å². The van der Waals surface area contributed by atoms with E-state index in [-0.39, 0.29) is 0 Å². The Morgan fingerprint density at radius 1 is 1.00 bits per heavy atom. The van der Waals surface area contributed by atoms with Gasteiger partial charge < -0.3 is 0 Å². The molecule has 0 aromatic rings. The molecule has 0 unspecified atom stereocenters. The minimum atomic E-state index is 0.467. The highest BCUT2D eigenvalue weighted by molar-refractivity contribution is 7.99. The summed E-state index contributed by atoms with van der Waals surface area (Å²) in [4.78, 5) is 11.0. The first-order valence-corrected chi connectivity index (χ1v) is 5.14. The minimum absolute atomic E-state index is 0.467. The number of thioether (sulfide) groups is 1. The number of rotatable bonds is 0. The summed E-state index contributed by atoms with van der Waals surface area (Å²) in [5.41, 5.74) is 0. The summed E-state index contributed by atoms with van der Waals surface area (Å²) >= 11 is 1.93. The Bertz CT molecular complexity index is 99.8. The van der Waals surface area contributed by atoms with Crippen molar-refractivity contribution in [3.05, 3.63) is 0 Å². The Kier molecular flexibility index (Phi) is 3.88. The third-order valence-corrected chi connectivity index (χ3v) is 2.84. The van der Waals surface area contributed by atoms with Crippen LogP contribution < -0.4 is 0 Å². The van der Waals surface area contributed by atoms with Crippen LogP contribution >= 0.6 is 11.8 Å². The van der Waals surface area contributed by atoms with Crippen LogP contribution in [0.2, 0.25) is 0 Å². The lowest BCUT2D eigenvalue weighted by Crippen LogP contribution is -1.97. The summed E-state index contributed by atoms with van der Waals surface area (Å²) in [7, 11) is 0. The highest BCUT2D eigenvalue weighted by atomic mass is 32.2. The van der Waals surface area contributed by atoms with E-state index in [4.69, 9.17) is 0 Å². The van der Waals surface area contributed by atoms with E-state index in [9.17, 15) is 4.79 Å².